The van der Waals surface area contributed by atoms with Crippen molar-refractivity contribution >= 4 is 34.1 Å². The fourth-order valence-corrected chi connectivity index (χ4v) is 3.53. The molecular formula is C20H19N3O2. The molecule has 2 heterocycles. The van der Waals surface area contributed by atoms with Crippen LogP contribution in [0, 0.1) is 0 Å². The van der Waals surface area contributed by atoms with Gasteiger partial charge in [0.05, 0.1) is 5.56 Å². The Balaban J connectivity index is 1.62. The molecule has 0 saturated heterocycles. The highest BCUT2D eigenvalue weighted by Gasteiger charge is 2.22. The Morgan fingerprint density at radius 2 is 1.92 bits per heavy atom. The summed E-state index contributed by atoms with van der Waals surface area (Å²) in [7, 11) is 1.94. The van der Waals surface area contributed by atoms with Crippen LogP contribution < -0.4 is 10.2 Å². The summed E-state index contributed by atoms with van der Waals surface area (Å²) < 4.78 is 1.96. The maximum Gasteiger partial charge on any atom is 0.257 e. The van der Waals surface area contributed by atoms with Gasteiger partial charge < -0.3 is 14.8 Å². The molecule has 5 heteroatoms. The van der Waals surface area contributed by atoms with Crippen molar-refractivity contribution in [3.8, 4) is 0 Å². The number of aromatic nitrogens is 1. The number of hydrogen-bond acceptors (Lipinski definition) is 2. The topological polar surface area (TPSA) is 54.3 Å². The molecule has 2 amide bonds. The van der Waals surface area contributed by atoms with E-state index in [1.165, 1.54) is 0 Å². The monoisotopic (exact) mass is 333 g/mol. The number of fused-ring (bicyclic) bond motifs is 2. The van der Waals surface area contributed by atoms with Crippen molar-refractivity contribution in [1.29, 1.82) is 0 Å². The van der Waals surface area contributed by atoms with Crippen LogP contribution in [0.1, 0.15) is 22.8 Å². The third-order valence-corrected chi connectivity index (χ3v) is 4.75. The highest BCUT2D eigenvalue weighted by Crippen LogP contribution is 2.31. The molecule has 1 aliphatic heterocycles. The summed E-state index contributed by atoms with van der Waals surface area (Å²) in [4.78, 5) is 26.1. The fraction of sp³-hybridized carbons (Fsp3) is 0.200. The first-order valence-corrected chi connectivity index (χ1v) is 8.31. The van der Waals surface area contributed by atoms with Crippen LogP contribution in [0.3, 0.4) is 0 Å². The van der Waals surface area contributed by atoms with Crippen LogP contribution in [0.15, 0.2) is 48.7 Å². The van der Waals surface area contributed by atoms with E-state index in [1.54, 1.807) is 11.8 Å². The number of benzene rings is 2. The van der Waals surface area contributed by atoms with Gasteiger partial charge in [-0.25, -0.2) is 0 Å². The van der Waals surface area contributed by atoms with Crippen molar-refractivity contribution in [1.82, 2.24) is 4.57 Å². The molecule has 0 fully saturated rings. The van der Waals surface area contributed by atoms with E-state index in [0.717, 1.165) is 34.3 Å². The van der Waals surface area contributed by atoms with E-state index >= 15 is 0 Å². The minimum absolute atomic E-state index is 0.0475. The van der Waals surface area contributed by atoms with Crippen LogP contribution >= 0.6 is 0 Å². The van der Waals surface area contributed by atoms with E-state index in [4.69, 9.17) is 0 Å². The summed E-state index contributed by atoms with van der Waals surface area (Å²) in [5.41, 5.74) is 4.46. The molecule has 2 aromatic carbocycles. The number of carbonyl (C=O) groups is 2. The standard InChI is InChI=1S/C20H19N3O2/c1-13(24)23-10-9-14-11-15(7-8-18(14)23)21-20(25)17-12-22(2)19-6-4-3-5-16(17)19/h3-8,11-12H,9-10H2,1-2H3,(H,21,25). The number of amides is 2. The quantitative estimate of drug-likeness (QED) is 0.782. The minimum atomic E-state index is -0.127. The van der Waals surface area contributed by atoms with Gasteiger partial charge in [-0.1, -0.05) is 18.2 Å². The van der Waals surface area contributed by atoms with Gasteiger partial charge in [0.1, 0.15) is 0 Å². The van der Waals surface area contributed by atoms with Gasteiger partial charge in [0.15, 0.2) is 0 Å². The maximum absolute atomic E-state index is 12.7. The third kappa shape index (κ3) is 2.58. The molecule has 0 saturated carbocycles. The van der Waals surface area contributed by atoms with Gasteiger partial charge in [-0.3, -0.25) is 9.59 Å². The zero-order valence-corrected chi connectivity index (χ0v) is 14.2. The number of hydrogen-bond donors (Lipinski definition) is 1. The lowest BCUT2D eigenvalue weighted by molar-refractivity contribution is -0.116. The molecule has 126 valence electrons. The summed E-state index contributed by atoms with van der Waals surface area (Å²) >= 11 is 0. The highest BCUT2D eigenvalue weighted by atomic mass is 16.2. The zero-order chi connectivity index (χ0) is 17.6. The number of nitrogens with zero attached hydrogens (tertiary/aromatic N) is 2. The largest absolute Gasteiger partial charge is 0.350 e. The average molecular weight is 333 g/mol. The van der Waals surface area contributed by atoms with Crippen molar-refractivity contribution < 1.29 is 9.59 Å². The Labute approximate surface area is 145 Å². The third-order valence-electron chi connectivity index (χ3n) is 4.75. The Morgan fingerprint density at radius 1 is 1.12 bits per heavy atom. The Hall–Kier alpha value is -3.08. The summed E-state index contributed by atoms with van der Waals surface area (Å²) in [5, 5.41) is 3.92. The number of nitrogens with one attached hydrogen (secondary N) is 1. The van der Waals surface area contributed by atoms with E-state index in [9.17, 15) is 9.59 Å². The predicted molar refractivity (Wildman–Crippen MR) is 99.0 cm³/mol. The van der Waals surface area contributed by atoms with E-state index in [1.807, 2.05) is 60.3 Å². The van der Waals surface area contributed by atoms with Crippen molar-refractivity contribution in [3.63, 3.8) is 0 Å². The molecule has 0 aliphatic carbocycles. The highest BCUT2D eigenvalue weighted by molar-refractivity contribution is 6.13. The molecule has 0 atom stereocenters. The molecule has 0 spiro atoms. The number of para-hydroxylation sites is 1. The first-order valence-electron chi connectivity index (χ1n) is 8.31. The van der Waals surface area contributed by atoms with E-state index in [0.29, 0.717) is 12.1 Å². The van der Waals surface area contributed by atoms with Crippen LogP contribution in [0.4, 0.5) is 11.4 Å². The van der Waals surface area contributed by atoms with Crippen LogP contribution in [0.2, 0.25) is 0 Å². The second-order valence-electron chi connectivity index (χ2n) is 6.39. The van der Waals surface area contributed by atoms with Crippen LogP contribution in [-0.2, 0) is 18.3 Å². The molecular weight excluding hydrogens is 314 g/mol. The number of aryl methyl sites for hydroxylation is 1. The lowest BCUT2D eigenvalue weighted by atomic mass is 10.1. The predicted octanol–water partition coefficient (Wildman–Crippen LogP) is 3.34. The van der Waals surface area contributed by atoms with Crippen molar-refractivity contribution in [3.05, 3.63) is 59.8 Å². The van der Waals surface area contributed by atoms with Gasteiger partial charge in [0.25, 0.3) is 5.91 Å². The van der Waals surface area contributed by atoms with Gasteiger partial charge >= 0.3 is 0 Å². The molecule has 4 rings (SSSR count). The molecule has 0 unspecified atom stereocenters. The van der Waals surface area contributed by atoms with Crippen LogP contribution in [-0.4, -0.2) is 22.9 Å². The van der Waals surface area contributed by atoms with Gasteiger partial charge in [-0.15, -0.1) is 0 Å². The molecule has 3 aromatic rings. The average Bonchev–Trinajstić information content (AvgIpc) is 3.16. The minimum Gasteiger partial charge on any atom is -0.350 e. The molecule has 1 aliphatic rings. The van der Waals surface area contributed by atoms with Crippen molar-refractivity contribution in [2.24, 2.45) is 7.05 Å². The lowest BCUT2D eigenvalue weighted by Crippen LogP contribution is -2.25. The Bertz CT molecular complexity index is 1000. The van der Waals surface area contributed by atoms with Gasteiger partial charge in [-0.2, -0.15) is 0 Å². The zero-order valence-electron chi connectivity index (χ0n) is 14.2. The molecule has 1 N–H and O–H groups in total. The number of rotatable bonds is 2. The molecule has 25 heavy (non-hydrogen) atoms. The van der Waals surface area contributed by atoms with Gasteiger partial charge in [0.2, 0.25) is 5.91 Å². The van der Waals surface area contributed by atoms with Gasteiger partial charge in [-0.05, 0) is 36.2 Å². The SMILES string of the molecule is CC(=O)N1CCc2cc(NC(=O)c3cn(C)c4ccccc34)ccc21. The summed E-state index contributed by atoms with van der Waals surface area (Å²) in [6.45, 7) is 2.27. The first-order chi connectivity index (χ1) is 12.0. The first kappa shape index (κ1) is 15.4. The molecule has 1 aromatic heterocycles. The summed E-state index contributed by atoms with van der Waals surface area (Å²) in [6.07, 6.45) is 2.66. The summed E-state index contributed by atoms with van der Waals surface area (Å²) in [5.74, 6) is -0.0792. The Morgan fingerprint density at radius 3 is 2.72 bits per heavy atom. The van der Waals surface area contributed by atoms with Crippen molar-refractivity contribution in [2.75, 3.05) is 16.8 Å². The molecule has 0 bridgehead atoms. The lowest BCUT2D eigenvalue weighted by Gasteiger charge is -2.15. The number of anilines is 2. The Kier molecular flexibility index (Phi) is 3.57. The number of carbonyl (C=O) groups excluding carboxylic acids is 2. The van der Waals surface area contributed by atoms with E-state index in [-0.39, 0.29) is 11.8 Å². The smallest absolute Gasteiger partial charge is 0.257 e. The molecule has 5 nitrogen and oxygen atoms in total. The van der Waals surface area contributed by atoms with Crippen LogP contribution in [0.5, 0.6) is 0 Å². The fourth-order valence-electron chi connectivity index (χ4n) is 3.53. The van der Waals surface area contributed by atoms with E-state index in [2.05, 4.69) is 5.32 Å². The normalized spacial score (nSPS) is 13.1. The summed E-state index contributed by atoms with van der Waals surface area (Å²) in [6, 6.07) is 13.6. The second kappa shape index (κ2) is 5.77. The van der Waals surface area contributed by atoms with Crippen LogP contribution in [0.25, 0.3) is 10.9 Å². The van der Waals surface area contributed by atoms with Gasteiger partial charge in [0, 0.05) is 49.0 Å². The van der Waals surface area contributed by atoms with Crippen molar-refractivity contribution in [2.45, 2.75) is 13.3 Å². The van der Waals surface area contributed by atoms with E-state index < -0.39 is 0 Å². The second-order valence-corrected chi connectivity index (χ2v) is 6.39. The molecule has 0 radical (unpaired) electrons. The maximum atomic E-state index is 12.7.